The van der Waals surface area contributed by atoms with Crippen LogP contribution < -0.4 is 15.8 Å². The lowest BCUT2D eigenvalue weighted by Crippen LogP contribution is -2.43. The maximum absolute atomic E-state index is 12.6. The van der Waals surface area contributed by atoms with E-state index in [1.54, 1.807) is 12.4 Å². The molecule has 0 unspecified atom stereocenters. The van der Waals surface area contributed by atoms with Gasteiger partial charge in [0.05, 0.1) is 23.1 Å². The summed E-state index contributed by atoms with van der Waals surface area (Å²) in [5.74, 6) is 0. The molecule has 138 valence electrons. The predicted octanol–water partition coefficient (Wildman–Crippen LogP) is 3.72. The smallest absolute Gasteiger partial charge is 0.306 e. The number of H-pyrrole nitrogens is 1. The van der Waals surface area contributed by atoms with E-state index in [0.717, 1.165) is 40.7 Å². The molecule has 0 atom stereocenters. The largest absolute Gasteiger partial charge is 0.338 e. The van der Waals surface area contributed by atoms with Crippen LogP contribution in [0.1, 0.15) is 5.56 Å². The van der Waals surface area contributed by atoms with Gasteiger partial charge in [-0.3, -0.25) is 15.1 Å². The number of nitrogens with zero attached hydrogens (tertiary/aromatic N) is 3. The molecule has 0 saturated carbocycles. The van der Waals surface area contributed by atoms with Crippen molar-refractivity contribution in [1.29, 1.82) is 0 Å². The number of fused-ring (bicyclic) bond motifs is 2. The van der Waals surface area contributed by atoms with Crippen LogP contribution in [-0.2, 0) is 6.42 Å². The first kappa shape index (κ1) is 16.3. The molecule has 0 radical (unpaired) electrons. The van der Waals surface area contributed by atoms with Gasteiger partial charge in [0.25, 0.3) is 0 Å². The zero-order valence-electron chi connectivity index (χ0n) is 15.0. The van der Waals surface area contributed by atoms with Gasteiger partial charge in [-0.1, -0.05) is 24.3 Å². The van der Waals surface area contributed by atoms with Crippen LogP contribution in [0.3, 0.4) is 0 Å². The van der Waals surface area contributed by atoms with E-state index in [-0.39, 0.29) is 6.03 Å². The van der Waals surface area contributed by atoms with Gasteiger partial charge in [-0.15, -0.1) is 0 Å². The van der Waals surface area contributed by atoms with Crippen molar-refractivity contribution in [1.82, 2.24) is 20.6 Å². The summed E-state index contributed by atoms with van der Waals surface area (Å²) >= 11 is 0. The van der Waals surface area contributed by atoms with Crippen molar-refractivity contribution >= 4 is 28.3 Å². The molecule has 2 amide bonds. The minimum atomic E-state index is -0.284. The Kier molecular flexibility index (Phi) is 3.90. The third-order valence-electron chi connectivity index (χ3n) is 4.97. The Morgan fingerprint density at radius 3 is 2.89 bits per heavy atom. The number of urea groups is 1. The van der Waals surface area contributed by atoms with E-state index in [1.807, 2.05) is 47.6 Å². The number of hydrazine groups is 1. The number of pyridine rings is 1. The summed E-state index contributed by atoms with van der Waals surface area (Å²) in [5, 5.41) is 12.6. The molecule has 7 heteroatoms. The summed E-state index contributed by atoms with van der Waals surface area (Å²) in [6.45, 7) is 0.718. The maximum Gasteiger partial charge on any atom is 0.338 e. The van der Waals surface area contributed by atoms with Crippen LogP contribution in [0.25, 0.3) is 22.0 Å². The van der Waals surface area contributed by atoms with Gasteiger partial charge < -0.3 is 5.32 Å². The molecule has 0 spiro atoms. The molecule has 3 N–H and O–H groups in total. The fourth-order valence-corrected chi connectivity index (χ4v) is 3.69. The zero-order valence-corrected chi connectivity index (χ0v) is 15.0. The molecule has 28 heavy (non-hydrogen) atoms. The zero-order chi connectivity index (χ0) is 18.9. The van der Waals surface area contributed by atoms with E-state index >= 15 is 0 Å². The number of hydrogen-bond acceptors (Lipinski definition) is 4. The molecular weight excluding hydrogens is 352 g/mol. The predicted molar refractivity (Wildman–Crippen MR) is 109 cm³/mol. The lowest BCUT2D eigenvalue weighted by atomic mass is 9.99. The number of rotatable bonds is 3. The van der Waals surface area contributed by atoms with E-state index < -0.39 is 0 Å². The van der Waals surface area contributed by atoms with Crippen molar-refractivity contribution in [2.24, 2.45) is 0 Å². The number of aromatic amines is 1. The molecule has 1 aliphatic heterocycles. The summed E-state index contributed by atoms with van der Waals surface area (Å²) in [4.78, 5) is 16.8. The molecule has 0 saturated heterocycles. The Morgan fingerprint density at radius 2 is 2.00 bits per heavy atom. The maximum atomic E-state index is 12.6. The molecule has 3 heterocycles. The van der Waals surface area contributed by atoms with Gasteiger partial charge in [-0.25, -0.2) is 10.2 Å². The SMILES string of the molecule is O=C(Nc1cccc2[nH]ncc12)NN1CCc2c(-c3cccnc3)cccc21. The molecule has 0 fully saturated rings. The summed E-state index contributed by atoms with van der Waals surface area (Å²) in [5.41, 5.74) is 9.01. The Balaban J connectivity index is 1.37. The summed E-state index contributed by atoms with van der Waals surface area (Å²) in [6.07, 6.45) is 6.20. The van der Waals surface area contributed by atoms with Crippen LogP contribution >= 0.6 is 0 Å². The highest BCUT2D eigenvalue weighted by Crippen LogP contribution is 2.35. The van der Waals surface area contributed by atoms with Crippen molar-refractivity contribution in [3.05, 3.63) is 72.7 Å². The third-order valence-corrected chi connectivity index (χ3v) is 4.97. The molecule has 0 aliphatic carbocycles. The minimum absolute atomic E-state index is 0.284. The quantitative estimate of drug-likeness (QED) is 0.513. The molecule has 5 rings (SSSR count). The fourth-order valence-electron chi connectivity index (χ4n) is 3.69. The first-order valence-corrected chi connectivity index (χ1v) is 9.09. The Hall–Kier alpha value is -3.87. The fraction of sp³-hybridized carbons (Fsp3) is 0.0952. The molecule has 7 nitrogen and oxygen atoms in total. The lowest BCUT2D eigenvalue weighted by Gasteiger charge is -2.21. The Morgan fingerprint density at radius 1 is 1.07 bits per heavy atom. The van der Waals surface area contributed by atoms with Crippen LogP contribution in [0.4, 0.5) is 16.2 Å². The number of aromatic nitrogens is 3. The average Bonchev–Trinajstić information content (AvgIpc) is 3.36. The van der Waals surface area contributed by atoms with E-state index in [0.29, 0.717) is 5.69 Å². The highest BCUT2D eigenvalue weighted by atomic mass is 16.2. The number of amides is 2. The van der Waals surface area contributed by atoms with Gasteiger partial charge in [0, 0.05) is 29.9 Å². The van der Waals surface area contributed by atoms with E-state index in [4.69, 9.17) is 0 Å². The minimum Gasteiger partial charge on any atom is -0.306 e. The van der Waals surface area contributed by atoms with Gasteiger partial charge in [0.2, 0.25) is 0 Å². The number of hydrogen-bond donors (Lipinski definition) is 3. The van der Waals surface area contributed by atoms with Crippen LogP contribution in [0.15, 0.2) is 67.1 Å². The van der Waals surface area contributed by atoms with Crippen molar-refractivity contribution in [2.45, 2.75) is 6.42 Å². The summed E-state index contributed by atoms with van der Waals surface area (Å²) < 4.78 is 0. The third kappa shape index (κ3) is 2.83. The molecule has 4 aromatic rings. The van der Waals surface area contributed by atoms with Crippen molar-refractivity contribution in [3.8, 4) is 11.1 Å². The van der Waals surface area contributed by atoms with Gasteiger partial charge >= 0.3 is 6.03 Å². The number of nitrogens with one attached hydrogen (secondary N) is 3. The standard InChI is InChI=1S/C21H18N6O/c28-21(24-18-6-2-7-19-17(18)13-23-25-19)26-27-11-9-16-15(5-1-8-20(16)27)14-4-3-10-22-12-14/h1-8,10,12-13H,9,11H2,(H,23,25)(H2,24,26,28). The molecule has 2 aromatic carbocycles. The van der Waals surface area contributed by atoms with Crippen LogP contribution in [0.2, 0.25) is 0 Å². The Bertz CT molecular complexity index is 1150. The molecule has 1 aliphatic rings. The van der Waals surface area contributed by atoms with Gasteiger partial charge in [-0.2, -0.15) is 5.10 Å². The van der Waals surface area contributed by atoms with Crippen molar-refractivity contribution in [3.63, 3.8) is 0 Å². The monoisotopic (exact) mass is 370 g/mol. The average molecular weight is 370 g/mol. The summed E-state index contributed by atoms with van der Waals surface area (Å²) in [7, 11) is 0. The second-order valence-electron chi connectivity index (χ2n) is 6.65. The highest BCUT2D eigenvalue weighted by molar-refractivity contribution is 6.00. The highest BCUT2D eigenvalue weighted by Gasteiger charge is 2.23. The second kappa shape index (κ2) is 6.70. The lowest BCUT2D eigenvalue weighted by molar-refractivity contribution is 0.251. The molecular formula is C21H18N6O. The Labute approximate surface area is 161 Å². The van der Waals surface area contributed by atoms with E-state index in [1.165, 1.54) is 5.56 Å². The number of anilines is 2. The molecule has 0 bridgehead atoms. The van der Waals surface area contributed by atoms with Gasteiger partial charge in [0.1, 0.15) is 0 Å². The normalized spacial score (nSPS) is 12.8. The topological polar surface area (TPSA) is 85.9 Å². The number of carbonyl (C=O) groups is 1. The van der Waals surface area contributed by atoms with Gasteiger partial charge in [-0.05, 0) is 41.8 Å². The van der Waals surface area contributed by atoms with Crippen LogP contribution in [-0.4, -0.2) is 27.8 Å². The molecule has 2 aromatic heterocycles. The number of benzene rings is 2. The summed E-state index contributed by atoms with van der Waals surface area (Å²) in [6, 6.07) is 15.5. The second-order valence-corrected chi connectivity index (χ2v) is 6.65. The first-order valence-electron chi connectivity index (χ1n) is 9.09. The van der Waals surface area contributed by atoms with E-state index in [9.17, 15) is 4.79 Å². The number of carbonyl (C=O) groups excluding carboxylic acids is 1. The van der Waals surface area contributed by atoms with Crippen molar-refractivity contribution < 1.29 is 4.79 Å². The van der Waals surface area contributed by atoms with Crippen LogP contribution in [0.5, 0.6) is 0 Å². The first-order chi connectivity index (χ1) is 13.8. The van der Waals surface area contributed by atoms with Crippen molar-refractivity contribution in [2.75, 3.05) is 16.9 Å². The van der Waals surface area contributed by atoms with E-state index in [2.05, 4.69) is 38.1 Å². The van der Waals surface area contributed by atoms with Gasteiger partial charge in [0.15, 0.2) is 0 Å². The van der Waals surface area contributed by atoms with Crippen LogP contribution in [0, 0.1) is 0 Å².